The normalized spacial score (nSPS) is 27.6. The third-order valence-corrected chi connectivity index (χ3v) is 6.01. The van der Waals surface area contributed by atoms with Gasteiger partial charge in [-0.3, -0.25) is 0 Å². The summed E-state index contributed by atoms with van der Waals surface area (Å²) in [5.41, 5.74) is 5.89. The first-order valence-electron chi connectivity index (χ1n) is 12.4. The summed E-state index contributed by atoms with van der Waals surface area (Å²) in [5.74, 6) is -1.49. The Bertz CT molecular complexity index is 547. The van der Waals surface area contributed by atoms with Crippen molar-refractivity contribution in [1.29, 1.82) is 0 Å². The van der Waals surface area contributed by atoms with E-state index in [2.05, 4.69) is 6.92 Å². The Kier molecular flexibility index (Phi) is 15.8. The fourth-order valence-electron chi connectivity index (χ4n) is 3.80. The molecule has 1 aliphatic heterocycles. The van der Waals surface area contributed by atoms with Crippen molar-refractivity contribution in [3.63, 3.8) is 0 Å². The molecule has 33 heavy (non-hydrogen) atoms. The van der Waals surface area contributed by atoms with Gasteiger partial charge in [-0.25, -0.2) is 4.79 Å². The predicted octanol–water partition coefficient (Wildman–Crippen LogP) is 1.84. The molecule has 0 aromatic heterocycles. The molecule has 1 heterocycles. The van der Waals surface area contributed by atoms with Gasteiger partial charge in [-0.2, -0.15) is 0 Å². The number of aliphatic hydroxyl groups is 4. The van der Waals surface area contributed by atoms with Gasteiger partial charge in [-0.1, -0.05) is 83.3 Å². The van der Waals surface area contributed by atoms with Crippen molar-refractivity contribution < 1.29 is 39.8 Å². The Morgan fingerprint density at radius 1 is 0.939 bits per heavy atom. The molecular weight excluding hydrogens is 430 g/mol. The molecule has 1 rings (SSSR count). The van der Waals surface area contributed by atoms with Crippen LogP contribution < -0.4 is 5.73 Å². The number of carboxylic acid groups (broad SMARTS) is 1. The average Bonchev–Trinajstić information content (AvgIpc) is 2.79. The highest BCUT2D eigenvalue weighted by molar-refractivity contribution is 5.73. The van der Waals surface area contributed by atoms with Gasteiger partial charge in [0, 0.05) is 0 Å². The molecule has 7 N–H and O–H groups in total. The van der Waals surface area contributed by atoms with E-state index in [4.69, 9.17) is 20.3 Å². The Balaban J connectivity index is 2.15. The zero-order valence-electron chi connectivity index (χ0n) is 19.9. The molecule has 5 unspecified atom stereocenters. The highest BCUT2D eigenvalue weighted by atomic mass is 16.7. The fourth-order valence-corrected chi connectivity index (χ4v) is 3.80. The maximum atomic E-state index is 11.1. The number of carbonyl (C=O) groups is 1. The molecule has 1 aliphatic rings. The van der Waals surface area contributed by atoms with Gasteiger partial charge in [0.25, 0.3) is 0 Å². The molecule has 0 saturated carbocycles. The van der Waals surface area contributed by atoms with Gasteiger partial charge >= 0.3 is 5.97 Å². The molecular formula is C24H45NO8. The molecule has 0 bridgehead atoms. The lowest BCUT2D eigenvalue weighted by atomic mass is 9.99. The molecule has 9 heteroatoms. The van der Waals surface area contributed by atoms with Crippen molar-refractivity contribution in [3.05, 3.63) is 12.2 Å². The van der Waals surface area contributed by atoms with Crippen molar-refractivity contribution in [1.82, 2.24) is 0 Å². The SMILES string of the molecule is CCCCCCCCCCCCC/C=C/[C@@H](O)[C@@H](N)COC1OC(C(=O)O)C(O)C(O)C1O. The van der Waals surface area contributed by atoms with E-state index in [9.17, 15) is 25.2 Å². The Labute approximate surface area is 197 Å². The summed E-state index contributed by atoms with van der Waals surface area (Å²) in [6, 6.07) is -0.832. The largest absolute Gasteiger partial charge is 0.479 e. The minimum atomic E-state index is -1.78. The monoisotopic (exact) mass is 475 g/mol. The van der Waals surface area contributed by atoms with Gasteiger partial charge < -0.3 is 40.7 Å². The Morgan fingerprint density at radius 3 is 2.03 bits per heavy atom. The minimum Gasteiger partial charge on any atom is -0.479 e. The fraction of sp³-hybridized carbons (Fsp3) is 0.875. The summed E-state index contributed by atoms with van der Waals surface area (Å²) < 4.78 is 10.3. The van der Waals surface area contributed by atoms with E-state index >= 15 is 0 Å². The third kappa shape index (κ3) is 11.8. The summed E-state index contributed by atoms with van der Waals surface area (Å²) in [5, 5.41) is 48.6. The van der Waals surface area contributed by atoms with Crippen molar-refractivity contribution in [3.8, 4) is 0 Å². The molecule has 0 radical (unpaired) electrons. The number of aliphatic hydroxyl groups excluding tert-OH is 4. The van der Waals surface area contributed by atoms with Gasteiger partial charge in [0.1, 0.15) is 18.3 Å². The lowest BCUT2D eigenvalue weighted by molar-refractivity contribution is -0.295. The van der Waals surface area contributed by atoms with E-state index < -0.39 is 48.8 Å². The van der Waals surface area contributed by atoms with Gasteiger partial charge in [-0.05, 0) is 12.8 Å². The van der Waals surface area contributed by atoms with Crippen LogP contribution in [0.3, 0.4) is 0 Å². The Hall–Kier alpha value is -1.07. The van der Waals surface area contributed by atoms with Crippen LogP contribution in [0, 0.1) is 0 Å². The molecule has 1 saturated heterocycles. The van der Waals surface area contributed by atoms with Crippen LogP contribution in [0.15, 0.2) is 12.2 Å². The maximum Gasteiger partial charge on any atom is 0.335 e. The molecule has 0 amide bonds. The number of allylic oxidation sites excluding steroid dienone is 1. The van der Waals surface area contributed by atoms with Gasteiger partial charge in [0.2, 0.25) is 0 Å². The summed E-state index contributed by atoms with van der Waals surface area (Å²) in [7, 11) is 0. The highest BCUT2D eigenvalue weighted by Crippen LogP contribution is 2.22. The van der Waals surface area contributed by atoms with Crippen molar-refractivity contribution in [2.24, 2.45) is 5.73 Å². The van der Waals surface area contributed by atoms with E-state index in [1.807, 2.05) is 6.08 Å². The van der Waals surface area contributed by atoms with Gasteiger partial charge in [0.05, 0.1) is 18.8 Å². The van der Waals surface area contributed by atoms with Crippen LogP contribution in [-0.2, 0) is 14.3 Å². The minimum absolute atomic E-state index is 0.235. The van der Waals surface area contributed by atoms with E-state index in [0.717, 1.165) is 19.3 Å². The summed E-state index contributed by atoms with van der Waals surface area (Å²) in [6.45, 7) is 2.00. The van der Waals surface area contributed by atoms with E-state index in [1.54, 1.807) is 6.08 Å². The first-order chi connectivity index (χ1) is 15.8. The molecule has 0 aromatic carbocycles. The molecule has 9 nitrogen and oxygen atoms in total. The second-order valence-electron chi connectivity index (χ2n) is 8.98. The molecule has 1 fully saturated rings. The molecule has 0 aliphatic carbocycles. The Morgan fingerprint density at radius 2 is 1.48 bits per heavy atom. The summed E-state index contributed by atoms with van der Waals surface area (Å²) in [4.78, 5) is 11.1. The molecule has 0 spiro atoms. The van der Waals surface area contributed by atoms with E-state index in [-0.39, 0.29) is 6.61 Å². The quantitative estimate of drug-likeness (QED) is 0.128. The number of carboxylic acids is 1. The second kappa shape index (κ2) is 17.4. The lowest BCUT2D eigenvalue weighted by Crippen LogP contribution is -2.60. The van der Waals surface area contributed by atoms with Crippen molar-refractivity contribution in [2.75, 3.05) is 6.61 Å². The highest BCUT2D eigenvalue weighted by Gasteiger charge is 2.47. The van der Waals surface area contributed by atoms with Crippen molar-refractivity contribution in [2.45, 2.75) is 127 Å². The molecule has 0 aromatic rings. The van der Waals surface area contributed by atoms with Gasteiger partial charge in [0.15, 0.2) is 12.4 Å². The number of unbranched alkanes of at least 4 members (excludes halogenated alkanes) is 11. The van der Waals surface area contributed by atoms with Crippen molar-refractivity contribution >= 4 is 5.97 Å². The van der Waals surface area contributed by atoms with Crippen LogP contribution in [-0.4, -0.2) is 81.0 Å². The predicted molar refractivity (Wildman–Crippen MR) is 124 cm³/mol. The molecule has 194 valence electrons. The summed E-state index contributed by atoms with van der Waals surface area (Å²) in [6.07, 6.45) is 8.98. The number of ether oxygens (including phenoxy) is 2. The topological polar surface area (TPSA) is 163 Å². The zero-order valence-corrected chi connectivity index (χ0v) is 19.9. The van der Waals surface area contributed by atoms with Crippen LogP contribution in [0.4, 0.5) is 0 Å². The van der Waals surface area contributed by atoms with Crippen LogP contribution >= 0.6 is 0 Å². The van der Waals surface area contributed by atoms with Crippen LogP contribution in [0.1, 0.15) is 84.0 Å². The van der Waals surface area contributed by atoms with E-state index in [1.165, 1.54) is 57.8 Å². The standard InChI is InChI=1S/C24H45NO8/c1-2-3-4-5-6-7-8-9-10-11-12-13-14-15-18(26)17(25)16-32-24-21(29)19(27)20(28)22(33-24)23(30)31/h14-15,17-22,24,26-29H,2-13,16,25H2,1H3,(H,30,31)/b15-14+/t17-,18+,19?,20?,21?,22?,24?/m0/s1. The number of hydrogen-bond acceptors (Lipinski definition) is 8. The number of aliphatic carboxylic acids is 1. The number of hydrogen-bond donors (Lipinski definition) is 6. The van der Waals surface area contributed by atoms with E-state index in [0.29, 0.717) is 0 Å². The second-order valence-corrected chi connectivity index (χ2v) is 8.98. The third-order valence-electron chi connectivity index (χ3n) is 6.01. The lowest BCUT2D eigenvalue weighted by Gasteiger charge is -2.38. The average molecular weight is 476 g/mol. The van der Waals surface area contributed by atoms with Gasteiger partial charge in [-0.15, -0.1) is 0 Å². The zero-order chi connectivity index (χ0) is 24.6. The summed E-state index contributed by atoms with van der Waals surface area (Å²) >= 11 is 0. The van der Waals surface area contributed by atoms with Crippen LogP contribution in [0.5, 0.6) is 0 Å². The van der Waals surface area contributed by atoms with Crippen LogP contribution in [0.25, 0.3) is 0 Å². The maximum absolute atomic E-state index is 11.1. The first-order valence-corrected chi connectivity index (χ1v) is 12.4. The van der Waals surface area contributed by atoms with Crippen LogP contribution in [0.2, 0.25) is 0 Å². The number of nitrogens with two attached hydrogens (primary N) is 1. The first kappa shape index (κ1) is 30.0. The number of rotatable bonds is 18. The molecule has 7 atom stereocenters. The smallest absolute Gasteiger partial charge is 0.335 e.